The van der Waals surface area contributed by atoms with E-state index in [0.717, 1.165) is 11.3 Å². The van der Waals surface area contributed by atoms with Gasteiger partial charge in [0.25, 0.3) is 0 Å². The molecule has 30 heavy (non-hydrogen) atoms. The summed E-state index contributed by atoms with van der Waals surface area (Å²) in [6, 6.07) is 13.7. The largest absolute Gasteiger partial charge is 0.492 e. The molecule has 0 aliphatic heterocycles. The van der Waals surface area contributed by atoms with Gasteiger partial charge in [0.15, 0.2) is 0 Å². The molecule has 6 heteroatoms. The molecule has 160 valence electrons. The fraction of sp³-hybridized carbons (Fsp3) is 0.417. The van der Waals surface area contributed by atoms with Crippen LogP contribution in [0, 0.1) is 0 Å². The van der Waals surface area contributed by atoms with Gasteiger partial charge in [-0.3, -0.25) is 4.79 Å². The van der Waals surface area contributed by atoms with E-state index in [0.29, 0.717) is 41.2 Å². The van der Waals surface area contributed by atoms with Crippen LogP contribution in [0.4, 0.5) is 0 Å². The second-order valence-corrected chi connectivity index (χ2v) is 8.56. The van der Waals surface area contributed by atoms with Crippen LogP contribution in [0.1, 0.15) is 68.9 Å². The first-order chi connectivity index (χ1) is 14.5. The van der Waals surface area contributed by atoms with Crippen LogP contribution in [0.2, 0.25) is 10.0 Å². The summed E-state index contributed by atoms with van der Waals surface area (Å²) >= 11 is 11.9. The highest BCUT2D eigenvalue weighted by molar-refractivity contribution is 6.35. The summed E-state index contributed by atoms with van der Waals surface area (Å²) in [5.74, 6) is 1.11. The van der Waals surface area contributed by atoms with E-state index in [1.807, 2.05) is 6.92 Å². The Kier molecular flexibility index (Phi) is 8.59. The zero-order valence-corrected chi connectivity index (χ0v) is 18.8. The Hall–Kier alpha value is -2.04. The predicted octanol–water partition coefficient (Wildman–Crippen LogP) is 6.74. The summed E-state index contributed by atoms with van der Waals surface area (Å²) < 4.78 is 5.59. The summed E-state index contributed by atoms with van der Waals surface area (Å²) in [5, 5.41) is 5.26. The van der Waals surface area contributed by atoms with Crippen LogP contribution in [0.25, 0.3) is 0 Å². The molecule has 0 aromatic heterocycles. The van der Waals surface area contributed by atoms with Crippen molar-refractivity contribution in [1.29, 1.82) is 0 Å². The number of nitrogens with zero attached hydrogens (tertiary/aromatic N) is 1. The maximum absolute atomic E-state index is 12.0. The average Bonchev–Trinajstić information content (AvgIpc) is 2.77. The van der Waals surface area contributed by atoms with Crippen molar-refractivity contribution < 1.29 is 9.53 Å². The van der Waals surface area contributed by atoms with Crippen LogP contribution in [0.5, 0.6) is 5.75 Å². The topological polar surface area (TPSA) is 50.7 Å². The molecule has 0 bridgehead atoms. The van der Waals surface area contributed by atoms with Gasteiger partial charge in [-0.1, -0.05) is 66.7 Å². The molecule has 1 aliphatic rings. The van der Waals surface area contributed by atoms with Gasteiger partial charge in [-0.15, -0.1) is 0 Å². The molecule has 2 aromatic carbocycles. The lowest BCUT2D eigenvalue weighted by Crippen LogP contribution is -2.19. The second kappa shape index (κ2) is 11.4. The lowest BCUT2D eigenvalue weighted by molar-refractivity contribution is -0.121. The highest BCUT2D eigenvalue weighted by Crippen LogP contribution is 2.32. The summed E-state index contributed by atoms with van der Waals surface area (Å²) in [4.78, 5) is 12.0. The molecule has 1 fully saturated rings. The molecule has 0 atom stereocenters. The number of hydrogen-bond acceptors (Lipinski definition) is 3. The first-order valence-electron chi connectivity index (χ1n) is 10.5. The number of amides is 1. The van der Waals surface area contributed by atoms with Crippen molar-refractivity contribution in [3.8, 4) is 5.75 Å². The molecule has 2 aromatic rings. The number of benzene rings is 2. The van der Waals surface area contributed by atoms with Gasteiger partial charge in [-0.05, 0) is 61.4 Å². The van der Waals surface area contributed by atoms with Crippen molar-refractivity contribution in [3.63, 3.8) is 0 Å². The number of nitrogens with one attached hydrogen (secondary N) is 1. The first-order valence-corrected chi connectivity index (χ1v) is 11.3. The SMILES string of the molecule is CC(=NNC(=O)CCCOc1ccc(Cl)cc1Cl)c1ccc(C2CCCCC2)cc1. The van der Waals surface area contributed by atoms with Crippen molar-refractivity contribution >= 4 is 34.8 Å². The Morgan fingerprint density at radius 2 is 1.83 bits per heavy atom. The second-order valence-electron chi connectivity index (χ2n) is 7.72. The van der Waals surface area contributed by atoms with Gasteiger partial charge in [0.1, 0.15) is 5.75 Å². The monoisotopic (exact) mass is 446 g/mol. The van der Waals surface area contributed by atoms with E-state index >= 15 is 0 Å². The summed E-state index contributed by atoms with van der Waals surface area (Å²) in [5.41, 5.74) is 5.86. The standard InChI is InChI=1S/C24H28Cl2N2O2/c1-17(18-9-11-20(12-10-18)19-6-3-2-4-7-19)27-28-24(29)8-5-15-30-23-14-13-21(25)16-22(23)26/h9-14,16,19H,2-8,15H2,1H3,(H,28,29). The highest BCUT2D eigenvalue weighted by Gasteiger charge is 2.15. The predicted molar refractivity (Wildman–Crippen MR) is 124 cm³/mol. The molecule has 0 saturated heterocycles. The summed E-state index contributed by atoms with van der Waals surface area (Å²) in [7, 11) is 0. The van der Waals surface area contributed by atoms with E-state index in [9.17, 15) is 4.79 Å². The molecular weight excluding hydrogens is 419 g/mol. The van der Waals surface area contributed by atoms with Gasteiger partial charge in [-0.2, -0.15) is 5.10 Å². The van der Waals surface area contributed by atoms with Gasteiger partial charge < -0.3 is 4.74 Å². The van der Waals surface area contributed by atoms with Crippen molar-refractivity contribution in [2.45, 2.75) is 57.8 Å². The van der Waals surface area contributed by atoms with Crippen molar-refractivity contribution in [1.82, 2.24) is 5.43 Å². The molecule has 0 unspecified atom stereocenters. The van der Waals surface area contributed by atoms with Crippen molar-refractivity contribution in [2.24, 2.45) is 5.10 Å². The average molecular weight is 447 g/mol. The molecule has 0 spiro atoms. The Bertz CT molecular complexity index is 875. The lowest BCUT2D eigenvalue weighted by atomic mass is 9.84. The van der Waals surface area contributed by atoms with Gasteiger partial charge in [0, 0.05) is 11.4 Å². The number of halogens is 2. The zero-order valence-electron chi connectivity index (χ0n) is 17.3. The summed E-state index contributed by atoms with van der Waals surface area (Å²) in [6.07, 6.45) is 7.49. The number of carbonyl (C=O) groups is 1. The minimum Gasteiger partial charge on any atom is -0.492 e. The zero-order chi connectivity index (χ0) is 21.3. The number of carbonyl (C=O) groups excluding carboxylic acids is 1. The number of rotatable bonds is 8. The smallest absolute Gasteiger partial charge is 0.240 e. The maximum atomic E-state index is 12.0. The molecule has 4 nitrogen and oxygen atoms in total. The third-order valence-corrected chi connectivity index (χ3v) is 5.98. The molecule has 1 aliphatic carbocycles. The van der Waals surface area contributed by atoms with Gasteiger partial charge in [0.05, 0.1) is 17.3 Å². The lowest BCUT2D eigenvalue weighted by Gasteiger charge is -2.22. The van der Waals surface area contributed by atoms with Gasteiger partial charge in [-0.25, -0.2) is 5.43 Å². The molecule has 3 rings (SSSR count). The van der Waals surface area contributed by atoms with Crippen LogP contribution >= 0.6 is 23.2 Å². The minimum atomic E-state index is -0.140. The third kappa shape index (κ3) is 6.75. The van der Waals surface area contributed by atoms with Gasteiger partial charge >= 0.3 is 0 Å². The van der Waals surface area contributed by atoms with E-state index in [1.165, 1.54) is 37.7 Å². The van der Waals surface area contributed by atoms with Crippen LogP contribution in [-0.4, -0.2) is 18.2 Å². The molecular formula is C24H28Cl2N2O2. The summed E-state index contributed by atoms with van der Waals surface area (Å²) in [6.45, 7) is 2.29. The van der Waals surface area contributed by atoms with Crippen molar-refractivity contribution in [2.75, 3.05) is 6.61 Å². The number of hydrogen-bond donors (Lipinski definition) is 1. The normalized spacial score (nSPS) is 15.1. The van der Waals surface area contributed by atoms with E-state index in [-0.39, 0.29) is 5.91 Å². The molecule has 1 amide bonds. The minimum absolute atomic E-state index is 0.140. The van der Waals surface area contributed by atoms with E-state index in [4.69, 9.17) is 27.9 Å². The van der Waals surface area contributed by atoms with Crippen LogP contribution in [0.3, 0.4) is 0 Å². The molecule has 1 N–H and O–H groups in total. The van der Waals surface area contributed by atoms with Crippen LogP contribution < -0.4 is 10.2 Å². The maximum Gasteiger partial charge on any atom is 0.240 e. The third-order valence-electron chi connectivity index (χ3n) is 5.45. The highest BCUT2D eigenvalue weighted by atomic mass is 35.5. The quantitative estimate of drug-likeness (QED) is 0.277. The fourth-order valence-electron chi connectivity index (χ4n) is 3.71. The van der Waals surface area contributed by atoms with E-state index in [1.54, 1.807) is 18.2 Å². The molecule has 0 radical (unpaired) electrons. The van der Waals surface area contributed by atoms with E-state index < -0.39 is 0 Å². The van der Waals surface area contributed by atoms with Crippen LogP contribution in [-0.2, 0) is 4.79 Å². The van der Waals surface area contributed by atoms with Gasteiger partial charge in [0.2, 0.25) is 5.91 Å². The molecule has 0 heterocycles. The Morgan fingerprint density at radius 3 is 2.53 bits per heavy atom. The van der Waals surface area contributed by atoms with E-state index in [2.05, 4.69) is 34.8 Å². The fourth-order valence-corrected chi connectivity index (χ4v) is 4.17. The molecule has 1 saturated carbocycles. The number of hydrazone groups is 1. The Balaban J connectivity index is 1.41. The number of ether oxygens (including phenoxy) is 1. The Morgan fingerprint density at radius 1 is 1.10 bits per heavy atom. The first kappa shape index (κ1) is 22.6. The Labute approximate surface area is 188 Å². The van der Waals surface area contributed by atoms with Crippen molar-refractivity contribution in [3.05, 3.63) is 63.6 Å². The van der Waals surface area contributed by atoms with Crippen LogP contribution in [0.15, 0.2) is 47.6 Å².